The topological polar surface area (TPSA) is 48.4 Å². The van der Waals surface area contributed by atoms with Crippen molar-refractivity contribution in [1.29, 1.82) is 0 Å². The van der Waals surface area contributed by atoms with Crippen LogP contribution in [0, 0.1) is 0 Å². The van der Waals surface area contributed by atoms with Crippen molar-refractivity contribution in [3.05, 3.63) is 28.5 Å². The summed E-state index contributed by atoms with van der Waals surface area (Å²) in [5.41, 5.74) is 1.07. The van der Waals surface area contributed by atoms with Crippen LogP contribution in [0.3, 0.4) is 0 Å². The number of nitrogens with zero attached hydrogens (tertiary/aromatic N) is 2. The smallest absolute Gasteiger partial charge is 0.0629 e. The van der Waals surface area contributed by atoms with E-state index in [2.05, 4.69) is 31.1 Å². The zero-order valence-corrected chi connectivity index (χ0v) is 10.7. The molecule has 0 bridgehead atoms. The Morgan fingerprint density at radius 3 is 2.81 bits per heavy atom. The number of aliphatic hydroxyl groups is 1. The molecule has 0 saturated carbocycles. The Balaban J connectivity index is 2.14. The molecule has 1 aromatic heterocycles. The average Bonchev–Trinajstić information content (AvgIpc) is 2.31. The number of aromatic nitrogens is 1. The van der Waals surface area contributed by atoms with Gasteiger partial charge in [0, 0.05) is 43.0 Å². The van der Waals surface area contributed by atoms with Crippen LogP contribution >= 0.6 is 15.9 Å². The number of hydrogen-bond acceptors (Lipinski definition) is 4. The van der Waals surface area contributed by atoms with E-state index in [1.807, 2.05) is 12.3 Å². The van der Waals surface area contributed by atoms with Crippen LogP contribution < -0.4 is 5.32 Å². The molecule has 5 heteroatoms. The second-order valence-corrected chi connectivity index (χ2v) is 4.84. The fourth-order valence-electron chi connectivity index (χ4n) is 2.04. The average molecular weight is 286 g/mol. The molecule has 88 valence electrons. The van der Waals surface area contributed by atoms with Crippen molar-refractivity contribution in [2.24, 2.45) is 0 Å². The van der Waals surface area contributed by atoms with E-state index in [0.717, 1.165) is 36.2 Å². The molecule has 1 saturated heterocycles. The highest BCUT2D eigenvalue weighted by Gasteiger charge is 2.21. The minimum absolute atomic E-state index is 0.0621. The van der Waals surface area contributed by atoms with Crippen molar-refractivity contribution < 1.29 is 5.11 Å². The number of rotatable bonds is 3. The molecule has 1 aliphatic heterocycles. The first kappa shape index (κ1) is 12.0. The lowest BCUT2D eigenvalue weighted by Crippen LogP contribution is -2.46. The van der Waals surface area contributed by atoms with Gasteiger partial charge in [-0.1, -0.05) is 0 Å². The first-order valence-electron chi connectivity index (χ1n) is 5.47. The maximum atomic E-state index is 9.52. The third-order valence-corrected chi connectivity index (χ3v) is 3.31. The molecule has 2 heterocycles. The molecule has 2 N–H and O–H groups in total. The fourth-order valence-corrected chi connectivity index (χ4v) is 2.42. The van der Waals surface area contributed by atoms with Gasteiger partial charge in [0.2, 0.25) is 0 Å². The van der Waals surface area contributed by atoms with E-state index < -0.39 is 0 Å². The van der Waals surface area contributed by atoms with Gasteiger partial charge in [-0.15, -0.1) is 0 Å². The number of halogens is 1. The van der Waals surface area contributed by atoms with Gasteiger partial charge in [0.15, 0.2) is 0 Å². The van der Waals surface area contributed by atoms with E-state index in [1.165, 1.54) is 0 Å². The summed E-state index contributed by atoms with van der Waals surface area (Å²) in [5, 5.41) is 12.8. The first-order chi connectivity index (χ1) is 7.81. The number of hydrogen-bond donors (Lipinski definition) is 2. The standard InChI is InChI=1S/C11H16BrN3O/c12-10-5-9(6-14-7-10)11(8-16)15-3-1-13-2-4-15/h5-7,11,13,16H,1-4,8H2. The van der Waals surface area contributed by atoms with Crippen LogP contribution in [-0.4, -0.2) is 47.8 Å². The molecule has 0 spiro atoms. The SMILES string of the molecule is OCC(c1cncc(Br)c1)N1CCNCC1. The zero-order chi connectivity index (χ0) is 11.4. The summed E-state index contributed by atoms with van der Waals surface area (Å²) in [5.74, 6) is 0. The Bertz CT molecular complexity index is 342. The Morgan fingerprint density at radius 1 is 1.44 bits per heavy atom. The summed E-state index contributed by atoms with van der Waals surface area (Å²) in [4.78, 5) is 6.44. The number of aliphatic hydroxyl groups excluding tert-OH is 1. The third-order valence-electron chi connectivity index (χ3n) is 2.88. The zero-order valence-electron chi connectivity index (χ0n) is 9.06. The maximum Gasteiger partial charge on any atom is 0.0629 e. The van der Waals surface area contributed by atoms with Crippen molar-refractivity contribution in [1.82, 2.24) is 15.2 Å². The molecule has 1 aromatic rings. The van der Waals surface area contributed by atoms with Crippen molar-refractivity contribution in [3.63, 3.8) is 0 Å². The predicted octanol–water partition coefficient (Wildman–Crippen LogP) is 0.783. The summed E-state index contributed by atoms with van der Waals surface area (Å²) in [6.45, 7) is 4.05. The molecule has 0 aromatic carbocycles. The second-order valence-electron chi connectivity index (χ2n) is 3.92. The van der Waals surface area contributed by atoms with E-state index in [0.29, 0.717) is 0 Å². The molecule has 4 nitrogen and oxygen atoms in total. The highest BCUT2D eigenvalue weighted by Crippen LogP contribution is 2.22. The van der Waals surface area contributed by atoms with Crippen LogP contribution in [0.2, 0.25) is 0 Å². The first-order valence-corrected chi connectivity index (χ1v) is 6.26. The lowest BCUT2D eigenvalue weighted by molar-refractivity contribution is 0.110. The summed E-state index contributed by atoms with van der Waals surface area (Å²) < 4.78 is 0.957. The van der Waals surface area contributed by atoms with E-state index in [-0.39, 0.29) is 12.6 Å². The molecule has 0 radical (unpaired) electrons. The highest BCUT2D eigenvalue weighted by molar-refractivity contribution is 9.10. The molecular weight excluding hydrogens is 270 g/mol. The highest BCUT2D eigenvalue weighted by atomic mass is 79.9. The van der Waals surface area contributed by atoms with E-state index >= 15 is 0 Å². The monoisotopic (exact) mass is 285 g/mol. The lowest BCUT2D eigenvalue weighted by atomic mass is 10.1. The fraction of sp³-hybridized carbons (Fsp3) is 0.545. The third kappa shape index (κ3) is 2.79. The van der Waals surface area contributed by atoms with Gasteiger partial charge in [0.05, 0.1) is 12.6 Å². The molecule has 16 heavy (non-hydrogen) atoms. The number of piperazine rings is 1. The summed E-state index contributed by atoms with van der Waals surface area (Å²) in [6.07, 6.45) is 3.59. The van der Waals surface area contributed by atoms with Crippen LogP contribution in [0.1, 0.15) is 11.6 Å². The van der Waals surface area contributed by atoms with Gasteiger partial charge < -0.3 is 10.4 Å². The molecule has 1 fully saturated rings. The van der Waals surface area contributed by atoms with Crippen LogP contribution in [0.15, 0.2) is 22.9 Å². The Kier molecular flexibility index (Phi) is 4.29. The molecule has 2 rings (SSSR count). The van der Waals surface area contributed by atoms with Crippen molar-refractivity contribution >= 4 is 15.9 Å². The second kappa shape index (κ2) is 5.72. The molecule has 0 aliphatic carbocycles. The molecule has 0 amide bonds. The van der Waals surface area contributed by atoms with Crippen LogP contribution in [0.5, 0.6) is 0 Å². The van der Waals surface area contributed by atoms with Gasteiger partial charge in [-0.05, 0) is 27.6 Å². The van der Waals surface area contributed by atoms with E-state index in [1.54, 1.807) is 6.20 Å². The molecule has 1 unspecified atom stereocenters. The predicted molar refractivity (Wildman–Crippen MR) is 66.2 cm³/mol. The Labute approximate surface area is 104 Å². The van der Waals surface area contributed by atoms with E-state index in [9.17, 15) is 5.11 Å². The molecular formula is C11H16BrN3O. The van der Waals surface area contributed by atoms with Crippen molar-refractivity contribution in [2.45, 2.75) is 6.04 Å². The molecule has 1 atom stereocenters. The molecule has 1 aliphatic rings. The summed E-state index contributed by atoms with van der Waals surface area (Å²) >= 11 is 3.41. The van der Waals surface area contributed by atoms with Gasteiger partial charge >= 0.3 is 0 Å². The van der Waals surface area contributed by atoms with Gasteiger partial charge in [-0.25, -0.2) is 0 Å². The minimum Gasteiger partial charge on any atom is -0.394 e. The minimum atomic E-state index is 0.0621. The van der Waals surface area contributed by atoms with Crippen LogP contribution in [0.25, 0.3) is 0 Å². The normalized spacial score (nSPS) is 19.6. The van der Waals surface area contributed by atoms with Gasteiger partial charge in [-0.3, -0.25) is 9.88 Å². The van der Waals surface area contributed by atoms with Gasteiger partial charge in [-0.2, -0.15) is 0 Å². The maximum absolute atomic E-state index is 9.52. The van der Waals surface area contributed by atoms with Gasteiger partial charge in [0.1, 0.15) is 0 Å². The van der Waals surface area contributed by atoms with Crippen LogP contribution in [0.4, 0.5) is 0 Å². The summed E-state index contributed by atoms with van der Waals surface area (Å²) in [6, 6.07) is 2.09. The Morgan fingerprint density at radius 2 is 2.19 bits per heavy atom. The van der Waals surface area contributed by atoms with Gasteiger partial charge in [0.25, 0.3) is 0 Å². The summed E-state index contributed by atoms with van der Waals surface area (Å²) in [7, 11) is 0. The largest absolute Gasteiger partial charge is 0.394 e. The van der Waals surface area contributed by atoms with Crippen LogP contribution in [-0.2, 0) is 0 Å². The van der Waals surface area contributed by atoms with E-state index in [4.69, 9.17) is 0 Å². The number of pyridine rings is 1. The lowest BCUT2D eigenvalue weighted by Gasteiger charge is -2.34. The van der Waals surface area contributed by atoms with Crippen molar-refractivity contribution in [3.8, 4) is 0 Å². The number of nitrogens with one attached hydrogen (secondary N) is 1. The quantitative estimate of drug-likeness (QED) is 0.862. The van der Waals surface area contributed by atoms with Crippen molar-refractivity contribution in [2.75, 3.05) is 32.8 Å². The Hall–Kier alpha value is -0.490.